The third-order valence-corrected chi connectivity index (χ3v) is 8.13. The van der Waals surface area contributed by atoms with Gasteiger partial charge in [-0.25, -0.2) is 0 Å². The largest absolute Gasteiger partial charge is 0.462 e. The van der Waals surface area contributed by atoms with Gasteiger partial charge >= 0.3 is 5.97 Å². The van der Waals surface area contributed by atoms with Gasteiger partial charge in [0.1, 0.15) is 11.9 Å². The number of hydrogen-bond donors (Lipinski definition) is 1. The fraction of sp³-hybridized carbons (Fsp3) is 0.810. The monoisotopic (exact) mass is 346 g/mol. The van der Waals surface area contributed by atoms with Gasteiger partial charge in [0.05, 0.1) is 6.10 Å². The molecule has 0 saturated heterocycles. The van der Waals surface area contributed by atoms with Crippen LogP contribution in [-0.2, 0) is 14.3 Å². The molecule has 7 atom stereocenters. The molecule has 138 valence electrons. The Balaban J connectivity index is 1.65. The van der Waals surface area contributed by atoms with Gasteiger partial charge in [0.15, 0.2) is 0 Å². The van der Waals surface area contributed by atoms with Crippen molar-refractivity contribution in [2.45, 2.75) is 77.9 Å². The van der Waals surface area contributed by atoms with Crippen LogP contribution in [0.2, 0.25) is 0 Å². The first kappa shape index (κ1) is 17.3. The van der Waals surface area contributed by atoms with Crippen molar-refractivity contribution in [2.24, 2.45) is 28.6 Å². The van der Waals surface area contributed by atoms with Crippen molar-refractivity contribution in [3.63, 3.8) is 0 Å². The number of ketones is 1. The highest BCUT2D eigenvalue weighted by molar-refractivity contribution is 5.87. The van der Waals surface area contributed by atoms with Crippen molar-refractivity contribution >= 4 is 11.8 Å². The number of carbonyl (C=O) groups excluding carboxylic acids is 2. The molecule has 4 aliphatic carbocycles. The molecule has 0 bridgehead atoms. The second kappa shape index (κ2) is 5.67. The summed E-state index contributed by atoms with van der Waals surface area (Å²) in [5.74, 6) is 1.13. The normalized spacial score (nSPS) is 48.9. The lowest BCUT2D eigenvalue weighted by atomic mass is 9.47. The topological polar surface area (TPSA) is 63.6 Å². The molecule has 0 aromatic heterocycles. The van der Waals surface area contributed by atoms with Crippen LogP contribution >= 0.6 is 0 Å². The van der Waals surface area contributed by atoms with E-state index in [0.29, 0.717) is 24.0 Å². The summed E-state index contributed by atoms with van der Waals surface area (Å²) in [5.41, 5.74) is 1.12. The maximum Gasteiger partial charge on any atom is 0.302 e. The highest BCUT2D eigenvalue weighted by Crippen LogP contribution is 2.64. The lowest BCUT2D eigenvalue weighted by molar-refractivity contribution is -0.149. The summed E-state index contributed by atoms with van der Waals surface area (Å²) < 4.78 is 5.45. The Labute approximate surface area is 150 Å². The van der Waals surface area contributed by atoms with Crippen LogP contribution in [0, 0.1) is 28.6 Å². The van der Waals surface area contributed by atoms with Gasteiger partial charge in [0, 0.05) is 25.2 Å². The van der Waals surface area contributed by atoms with E-state index in [4.69, 9.17) is 4.74 Å². The van der Waals surface area contributed by atoms with Crippen molar-refractivity contribution in [1.82, 2.24) is 0 Å². The van der Waals surface area contributed by atoms with Crippen molar-refractivity contribution in [3.8, 4) is 0 Å². The molecule has 4 heteroatoms. The van der Waals surface area contributed by atoms with E-state index in [1.165, 1.54) is 12.5 Å². The average molecular weight is 346 g/mol. The van der Waals surface area contributed by atoms with Crippen LogP contribution in [0.15, 0.2) is 11.6 Å². The minimum atomic E-state index is -0.473. The number of esters is 1. The molecule has 0 aromatic carbocycles. The van der Waals surface area contributed by atoms with E-state index in [9.17, 15) is 14.7 Å². The van der Waals surface area contributed by atoms with E-state index in [1.807, 2.05) is 6.08 Å². The summed E-state index contributed by atoms with van der Waals surface area (Å²) in [7, 11) is 0. The summed E-state index contributed by atoms with van der Waals surface area (Å²) in [6.45, 7) is 5.94. The van der Waals surface area contributed by atoms with Crippen LogP contribution < -0.4 is 0 Å². The van der Waals surface area contributed by atoms with Gasteiger partial charge in [-0.1, -0.05) is 25.5 Å². The molecule has 0 heterocycles. The second-order valence-electron chi connectivity index (χ2n) is 9.28. The van der Waals surface area contributed by atoms with Gasteiger partial charge in [0.25, 0.3) is 0 Å². The van der Waals surface area contributed by atoms with Crippen molar-refractivity contribution in [3.05, 3.63) is 11.6 Å². The van der Waals surface area contributed by atoms with E-state index < -0.39 is 6.10 Å². The van der Waals surface area contributed by atoms with E-state index in [2.05, 4.69) is 13.8 Å². The highest BCUT2D eigenvalue weighted by Gasteiger charge is 2.60. The Morgan fingerprint density at radius 2 is 1.84 bits per heavy atom. The van der Waals surface area contributed by atoms with Gasteiger partial charge in [-0.2, -0.15) is 0 Å². The standard InChI is InChI=1S/C21H30O4/c1-12(22)25-14-6-8-20(2)13(10-14)11-17(23)19-15-4-5-18(24)21(15,3)9-7-16(19)20/h11,14-17,19,23H,4-10H2,1-3H3/t14?,15?,16?,17-,19?,20-,21-/m0/s1. The molecule has 4 rings (SSSR count). The van der Waals surface area contributed by atoms with Crippen LogP contribution in [-0.4, -0.2) is 29.1 Å². The molecule has 0 aliphatic heterocycles. The first-order valence-electron chi connectivity index (χ1n) is 9.85. The molecular weight excluding hydrogens is 316 g/mol. The van der Waals surface area contributed by atoms with Crippen LogP contribution in [0.3, 0.4) is 0 Å². The Morgan fingerprint density at radius 1 is 1.16 bits per heavy atom. The number of Topliss-reactive ketones (excluding diaryl/α,β-unsaturated/α-hetero) is 1. The van der Waals surface area contributed by atoms with Gasteiger partial charge in [-0.15, -0.1) is 0 Å². The van der Waals surface area contributed by atoms with Gasteiger partial charge in [-0.05, 0) is 55.3 Å². The predicted octanol–water partition coefficient (Wildman–Crippen LogP) is 3.42. The molecule has 1 N–H and O–H groups in total. The molecule has 0 aromatic rings. The number of aliphatic hydroxyl groups is 1. The molecule has 0 amide bonds. The van der Waals surface area contributed by atoms with Crippen LogP contribution in [0.5, 0.6) is 0 Å². The smallest absolute Gasteiger partial charge is 0.302 e. The second-order valence-corrected chi connectivity index (χ2v) is 9.28. The average Bonchev–Trinajstić information content (AvgIpc) is 2.84. The quantitative estimate of drug-likeness (QED) is 0.584. The minimum absolute atomic E-state index is 0.0533. The SMILES string of the molecule is CC(=O)OC1CC[C@@]2(C)C(=C[C@H](O)C3C2CC[C@]2(C)C(=O)CCC32)C1. The van der Waals surface area contributed by atoms with E-state index in [1.54, 1.807) is 0 Å². The fourth-order valence-electron chi connectivity index (χ4n) is 6.72. The molecule has 3 saturated carbocycles. The van der Waals surface area contributed by atoms with Crippen molar-refractivity contribution < 1.29 is 19.4 Å². The first-order valence-corrected chi connectivity index (χ1v) is 9.85. The Hall–Kier alpha value is -1.16. The molecule has 25 heavy (non-hydrogen) atoms. The number of ether oxygens (including phenoxy) is 1. The number of hydrogen-bond acceptors (Lipinski definition) is 4. The van der Waals surface area contributed by atoms with Crippen LogP contribution in [0.1, 0.15) is 65.7 Å². The molecule has 4 unspecified atom stereocenters. The van der Waals surface area contributed by atoms with Crippen molar-refractivity contribution in [2.75, 3.05) is 0 Å². The predicted molar refractivity (Wildman–Crippen MR) is 93.7 cm³/mol. The molecule has 4 aliphatic rings. The van der Waals surface area contributed by atoms with E-state index >= 15 is 0 Å². The molecular formula is C21H30O4. The minimum Gasteiger partial charge on any atom is -0.462 e. The first-order chi connectivity index (χ1) is 11.8. The number of fused-ring (bicyclic) bond motifs is 5. The summed E-state index contributed by atoms with van der Waals surface area (Å²) in [6, 6.07) is 0. The van der Waals surface area contributed by atoms with Crippen molar-refractivity contribution in [1.29, 1.82) is 0 Å². The molecule has 3 fully saturated rings. The maximum absolute atomic E-state index is 12.5. The Kier molecular flexibility index (Phi) is 3.91. The number of rotatable bonds is 1. The molecule has 0 radical (unpaired) electrons. The summed E-state index contributed by atoms with van der Waals surface area (Å²) >= 11 is 0. The third kappa shape index (κ3) is 2.43. The van der Waals surface area contributed by atoms with Gasteiger partial charge < -0.3 is 9.84 Å². The zero-order valence-corrected chi connectivity index (χ0v) is 15.6. The summed E-state index contributed by atoms with van der Waals surface area (Å²) in [6.07, 6.45) is 7.76. The summed E-state index contributed by atoms with van der Waals surface area (Å²) in [5, 5.41) is 11.0. The lowest BCUT2D eigenvalue weighted by Crippen LogP contribution is -2.54. The molecule has 0 spiro atoms. The highest BCUT2D eigenvalue weighted by atomic mass is 16.5. The Bertz CT molecular complexity index is 638. The zero-order chi connectivity index (χ0) is 18.0. The van der Waals surface area contributed by atoms with Crippen LogP contribution in [0.4, 0.5) is 0 Å². The lowest BCUT2D eigenvalue weighted by Gasteiger charge is -2.58. The van der Waals surface area contributed by atoms with E-state index in [-0.39, 0.29) is 28.8 Å². The van der Waals surface area contributed by atoms with Gasteiger partial charge in [0.2, 0.25) is 0 Å². The van der Waals surface area contributed by atoms with Crippen LogP contribution in [0.25, 0.3) is 0 Å². The zero-order valence-electron chi connectivity index (χ0n) is 15.6. The maximum atomic E-state index is 12.5. The number of aliphatic hydroxyl groups excluding tert-OH is 1. The molecule has 4 nitrogen and oxygen atoms in total. The summed E-state index contributed by atoms with van der Waals surface area (Å²) in [4.78, 5) is 23.8. The van der Waals surface area contributed by atoms with E-state index in [0.717, 1.165) is 38.5 Å². The Morgan fingerprint density at radius 3 is 2.56 bits per heavy atom. The van der Waals surface area contributed by atoms with Gasteiger partial charge in [-0.3, -0.25) is 9.59 Å². The third-order valence-electron chi connectivity index (χ3n) is 8.13. The number of carbonyl (C=O) groups is 2. The fourth-order valence-corrected chi connectivity index (χ4v) is 6.72.